The SMILES string of the molecule is CC(=O)O[C@H]1CC[C@@]2(C)[C@H](C1)[C@@H](OC(C)=O)CC1=C3CC[C@H]([C@H](C)CCCC(C)C)[C@@]3(C)CC[C@@H]12. The highest BCUT2D eigenvalue weighted by molar-refractivity contribution is 5.66. The molecule has 3 saturated carbocycles. The first-order valence-electron chi connectivity index (χ1n) is 14.5. The zero-order chi connectivity index (χ0) is 25.5. The monoisotopic (exact) mass is 486 g/mol. The molecule has 0 heterocycles. The number of hydrogen-bond acceptors (Lipinski definition) is 4. The number of rotatable bonds is 7. The number of carbonyl (C=O) groups excluding carboxylic acids is 2. The minimum absolute atomic E-state index is 0.0470. The summed E-state index contributed by atoms with van der Waals surface area (Å²) >= 11 is 0. The fourth-order valence-corrected chi connectivity index (χ4v) is 9.15. The van der Waals surface area contributed by atoms with Crippen LogP contribution in [-0.2, 0) is 19.1 Å². The highest BCUT2D eigenvalue weighted by atomic mass is 16.5. The Morgan fingerprint density at radius 2 is 1.69 bits per heavy atom. The molecule has 198 valence electrons. The minimum atomic E-state index is -0.200. The highest BCUT2D eigenvalue weighted by Gasteiger charge is 2.59. The van der Waals surface area contributed by atoms with Crippen molar-refractivity contribution in [3.8, 4) is 0 Å². The highest BCUT2D eigenvalue weighted by Crippen LogP contribution is 2.66. The fourth-order valence-electron chi connectivity index (χ4n) is 9.15. The Morgan fingerprint density at radius 1 is 0.971 bits per heavy atom. The molecule has 0 unspecified atom stereocenters. The third kappa shape index (κ3) is 5.10. The molecule has 8 atom stereocenters. The number of carbonyl (C=O) groups is 2. The molecule has 0 saturated heterocycles. The van der Waals surface area contributed by atoms with Crippen LogP contribution in [0.15, 0.2) is 11.1 Å². The van der Waals surface area contributed by atoms with Gasteiger partial charge in [0, 0.05) is 26.2 Å². The molecule has 0 aliphatic heterocycles. The van der Waals surface area contributed by atoms with E-state index < -0.39 is 0 Å². The summed E-state index contributed by atoms with van der Waals surface area (Å²) in [5.74, 6) is 2.79. The Bertz CT molecular complexity index is 843. The van der Waals surface area contributed by atoms with Gasteiger partial charge in [-0.05, 0) is 79.4 Å². The third-order valence-corrected chi connectivity index (χ3v) is 10.8. The van der Waals surface area contributed by atoms with Gasteiger partial charge >= 0.3 is 11.9 Å². The van der Waals surface area contributed by atoms with Crippen LogP contribution in [0.2, 0.25) is 0 Å². The molecule has 4 rings (SSSR count). The van der Waals surface area contributed by atoms with Crippen LogP contribution in [0, 0.1) is 40.4 Å². The second kappa shape index (κ2) is 10.2. The van der Waals surface area contributed by atoms with Crippen molar-refractivity contribution in [2.45, 2.75) is 131 Å². The Balaban J connectivity index is 1.61. The molecule has 0 radical (unpaired) electrons. The van der Waals surface area contributed by atoms with E-state index in [1.165, 1.54) is 51.9 Å². The largest absolute Gasteiger partial charge is 0.463 e. The van der Waals surface area contributed by atoms with Gasteiger partial charge in [0.05, 0.1) is 0 Å². The number of esters is 2. The smallest absolute Gasteiger partial charge is 0.302 e. The molecule has 0 aromatic rings. The average Bonchev–Trinajstić information content (AvgIpc) is 3.11. The van der Waals surface area contributed by atoms with Crippen LogP contribution in [0.5, 0.6) is 0 Å². The predicted octanol–water partition coefficient (Wildman–Crippen LogP) is 7.65. The first kappa shape index (κ1) is 26.7. The van der Waals surface area contributed by atoms with Gasteiger partial charge in [-0.3, -0.25) is 9.59 Å². The summed E-state index contributed by atoms with van der Waals surface area (Å²) in [7, 11) is 0. The van der Waals surface area contributed by atoms with Gasteiger partial charge in [-0.25, -0.2) is 0 Å². The molecule has 35 heavy (non-hydrogen) atoms. The van der Waals surface area contributed by atoms with Crippen molar-refractivity contribution >= 4 is 11.9 Å². The van der Waals surface area contributed by atoms with Gasteiger partial charge in [0.2, 0.25) is 0 Å². The lowest BCUT2D eigenvalue weighted by Crippen LogP contribution is -2.54. The van der Waals surface area contributed by atoms with Crippen LogP contribution in [0.1, 0.15) is 119 Å². The van der Waals surface area contributed by atoms with Gasteiger partial charge in [0.15, 0.2) is 0 Å². The Morgan fingerprint density at radius 3 is 2.34 bits per heavy atom. The van der Waals surface area contributed by atoms with E-state index in [0.717, 1.165) is 43.4 Å². The summed E-state index contributed by atoms with van der Waals surface area (Å²) in [6.07, 6.45) is 12.6. The molecule has 0 bridgehead atoms. The van der Waals surface area contributed by atoms with Crippen molar-refractivity contribution in [3.05, 3.63) is 11.1 Å². The van der Waals surface area contributed by atoms with E-state index in [4.69, 9.17) is 9.47 Å². The van der Waals surface area contributed by atoms with Crippen LogP contribution in [-0.4, -0.2) is 24.1 Å². The molecule has 0 spiro atoms. The topological polar surface area (TPSA) is 52.6 Å². The maximum absolute atomic E-state index is 12.2. The van der Waals surface area contributed by atoms with Crippen molar-refractivity contribution < 1.29 is 19.1 Å². The molecule has 0 aromatic heterocycles. The molecular weight excluding hydrogens is 436 g/mol. The fraction of sp³-hybridized carbons (Fsp3) is 0.871. The normalized spacial score (nSPS) is 39.5. The quantitative estimate of drug-likeness (QED) is 0.274. The molecule has 0 amide bonds. The third-order valence-electron chi connectivity index (χ3n) is 10.8. The van der Waals surface area contributed by atoms with Gasteiger partial charge in [-0.15, -0.1) is 0 Å². The number of hydrogen-bond donors (Lipinski definition) is 0. The maximum atomic E-state index is 12.2. The van der Waals surface area contributed by atoms with Crippen molar-refractivity contribution in [3.63, 3.8) is 0 Å². The Hall–Kier alpha value is -1.32. The molecule has 3 fully saturated rings. The lowest BCUT2D eigenvalue weighted by atomic mass is 9.48. The van der Waals surface area contributed by atoms with Gasteiger partial charge in [-0.2, -0.15) is 0 Å². The molecule has 4 heteroatoms. The van der Waals surface area contributed by atoms with E-state index in [9.17, 15) is 9.59 Å². The van der Waals surface area contributed by atoms with E-state index in [-0.39, 0.29) is 35.5 Å². The first-order chi connectivity index (χ1) is 16.5. The Labute approximate surface area is 214 Å². The summed E-state index contributed by atoms with van der Waals surface area (Å²) in [5, 5.41) is 0. The van der Waals surface area contributed by atoms with Gasteiger partial charge in [0.1, 0.15) is 12.2 Å². The molecule has 4 nitrogen and oxygen atoms in total. The summed E-state index contributed by atoms with van der Waals surface area (Å²) in [6.45, 7) is 15.2. The van der Waals surface area contributed by atoms with Gasteiger partial charge in [0.25, 0.3) is 0 Å². The van der Waals surface area contributed by atoms with Gasteiger partial charge in [-0.1, -0.05) is 65.0 Å². The van der Waals surface area contributed by atoms with E-state index in [1.54, 1.807) is 18.1 Å². The summed E-state index contributed by atoms with van der Waals surface area (Å²) in [6, 6.07) is 0. The number of fused-ring (bicyclic) bond motifs is 4. The molecule has 4 aliphatic carbocycles. The second-order valence-electron chi connectivity index (χ2n) is 13.4. The lowest BCUT2D eigenvalue weighted by Gasteiger charge is -2.58. The number of ether oxygens (including phenoxy) is 2. The van der Waals surface area contributed by atoms with E-state index >= 15 is 0 Å². The molecule has 0 N–H and O–H groups in total. The molecule has 0 aromatic carbocycles. The lowest BCUT2D eigenvalue weighted by molar-refractivity contribution is -0.170. The second-order valence-corrected chi connectivity index (χ2v) is 13.4. The molecular formula is C31H50O4. The van der Waals surface area contributed by atoms with Crippen molar-refractivity contribution in [2.75, 3.05) is 0 Å². The van der Waals surface area contributed by atoms with Crippen LogP contribution < -0.4 is 0 Å². The van der Waals surface area contributed by atoms with Crippen molar-refractivity contribution in [1.82, 2.24) is 0 Å². The maximum Gasteiger partial charge on any atom is 0.302 e. The van der Waals surface area contributed by atoms with E-state index in [0.29, 0.717) is 11.3 Å². The zero-order valence-corrected chi connectivity index (χ0v) is 23.5. The van der Waals surface area contributed by atoms with E-state index in [1.807, 2.05) is 0 Å². The summed E-state index contributed by atoms with van der Waals surface area (Å²) in [5.41, 5.74) is 3.79. The first-order valence-corrected chi connectivity index (χ1v) is 14.5. The molecule has 4 aliphatic rings. The standard InChI is InChI=1S/C31H50O4/c1-19(2)9-8-10-20(3)25-11-12-26-24-18-29(35-22(5)33)28-17-23(34-21(4)32)13-15-31(28,7)27(24)14-16-30(25,26)6/h19-20,23,25,27-29H,8-18H2,1-7H3/t20-,23+,25-,27+,28-,29+,30-,31-/m1/s1. The van der Waals surface area contributed by atoms with Crippen molar-refractivity contribution in [2.24, 2.45) is 40.4 Å². The van der Waals surface area contributed by atoms with Gasteiger partial charge < -0.3 is 9.47 Å². The zero-order valence-electron chi connectivity index (χ0n) is 23.5. The summed E-state index contributed by atoms with van der Waals surface area (Å²) < 4.78 is 11.7. The van der Waals surface area contributed by atoms with Crippen LogP contribution >= 0.6 is 0 Å². The van der Waals surface area contributed by atoms with Crippen LogP contribution in [0.3, 0.4) is 0 Å². The van der Waals surface area contributed by atoms with Crippen LogP contribution in [0.4, 0.5) is 0 Å². The Kier molecular flexibility index (Phi) is 7.80. The van der Waals surface area contributed by atoms with Crippen LogP contribution in [0.25, 0.3) is 0 Å². The predicted molar refractivity (Wildman–Crippen MR) is 140 cm³/mol. The average molecular weight is 487 g/mol. The minimum Gasteiger partial charge on any atom is -0.463 e. The van der Waals surface area contributed by atoms with Crippen molar-refractivity contribution in [1.29, 1.82) is 0 Å². The summed E-state index contributed by atoms with van der Waals surface area (Å²) in [4.78, 5) is 23.8. The van der Waals surface area contributed by atoms with E-state index in [2.05, 4.69) is 34.6 Å². The number of allylic oxidation sites excluding steroid dienone is 1.